The van der Waals surface area contributed by atoms with Crippen molar-refractivity contribution in [3.8, 4) is 5.75 Å². The monoisotopic (exact) mass is 284 g/mol. The van der Waals surface area contributed by atoms with Crippen molar-refractivity contribution < 1.29 is 14.1 Å². The Morgan fingerprint density at radius 1 is 1.24 bits per heavy atom. The maximum absolute atomic E-state index is 12.5. The van der Waals surface area contributed by atoms with Crippen molar-refractivity contribution in [2.75, 3.05) is 7.11 Å². The Bertz CT molecular complexity index is 645. The standard InChI is InChI=1S/C18H22NO2/c1-21-16-9-10-17-15(12-16)8-5-11-19(17)13-18(20)14-6-3-2-4-7-14/h5,8-12,14H,2-4,6-7,13H2,1H3/q+1. The number of nitrogens with zero attached hydrogens (tertiary/aromatic N) is 1. The number of pyridine rings is 1. The molecule has 0 aliphatic heterocycles. The second kappa shape index (κ2) is 6.25. The number of methoxy groups -OCH3 is 1. The third-order valence-corrected chi connectivity index (χ3v) is 4.47. The summed E-state index contributed by atoms with van der Waals surface area (Å²) >= 11 is 0. The Morgan fingerprint density at radius 2 is 2.05 bits per heavy atom. The zero-order valence-corrected chi connectivity index (χ0v) is 12.5. The summed E-state index contributed by atoms with van der Waals surface area (Å²) in [7, 11) is 1.67. The van der Waals surface area contributed by atoms with Crippen LogP contribution in [0.3, 0.4) is 0 Å². The van der Waals surface area contributed by atoms with E-state index in [-0.39, 0.29) is 5.92 Å². The van der Waals surface area contributed by atoms with E-state index in [1.807, 2.05) is 30.5 Å². The number of ketones is 1. The lowest BCUT2D eigenvalue weighted by atomic mass is 9.86. The highest BCUT2D eigenvalue weighted by molar-refractivity contribution is 5.81. The molecular formula is C18H22NO2+. The highest BCUT2D eigenvalue weighted by Crippen LogP contribution is 2.24. The molecule has 0 amide bonds. The quantitative estimate of drug-likeness (QED) is 0.807. The van der Waals surface area contributed by atoms with Gasteiger partial charge in [-0.1, -0.05) is 19.3 Å². The molecule has 0 unspecified atom stereocenters. The number of hydrogen-bond donors (Lipinski definition) is 0. The molecule has 0 bridgehead atoms. The zero-order chi connectivity index (χ0) is 14.7. The number of rotatable bonds is 4. The molecule has 1 aromatic heterocycles. The molecule has 0 atom stereocenters. The SMILES string of the molecule is COc1ccc2c(ccc[n+]2CC(=O)C2CCCCC2)c1. The van der Waals surface area contributed by atoms with Crippen molar-refractivity contribution in [2.45, 2.75) is 38.6 Å². The minimum Gasteiger partial charge on any atom is -0.497 e. The first-order chi connectivity index (χ1) is 10.3. The average molecular weight is 284 g/mol. The summed E-state index contributed by atoms with van der Waals surface area (Å²) in [5.74, 6) is 1.49. The first-order valence-electron chi connectivity index (χ1n) is 7.77. The van der Waals surface area contributed by atoms with E-state index in [1.165, 1.54) is 19.3 Å². The first-order valence-corrected chi connectivity index (χ1v) is 7.77. The van der Waals surface area contributed by atoms with Crippen LogP contribution in [0, 0.1) is 5.92 Å². The maximum atomic E-state index is 12.5. The van der Waals surface area contributed by atoms with Crippen molar-refractivity contribution in [3.63, 3.8) is 0 Å². The summed E-state index contributed by atoms with van der Waals surface area (Å²) in [6.45, 7) is 0.480. The van der Waals surface area contributed by atoms with Crippen LogP contribution >= 0.6 is 0 Å². The van der Waals surface area contributed by atoms with Gasteiger partial charge in [0.05, 0.1) is 12.5 Å². The zero-order valence-electron chi connectivity index (χ0n) is 12.5. The van der Waals surface area contributed by atoms with Crippen molar-refractivity contribution in [1.29, 1.82) is 0 Å². The molecule has 0 radical (unpaired) electrons. The fourth-order valence-electron chi connectivity index (χ4n) is 3.24. The number of hydrogen-bond acceptors (Lipinski definition) is 2. The van der Waals surface area contributed by atoms with E-state index in [0.29, 0.717) is 12.3 Å². The minimum absolute atomic E-state index is 0.264. The first kappa shape index (κ1) is 14.1. The van der Waals surface area contributed by atoms with Gasteiger partial charge in [-0.15, -0.1) is 0 Å². The molecule has 1 saturated carbocycles. The van der Waals surface area contributed by atoms with Gasteiger partial charge in [-0.05, 0) is 31.0 Å². The highest BCUT2D eigenvalue weighted by Gasteiger charge is 2.24. The topological polar surface area (TPSA) is 30.2 Å². The smallest absolute Gasteiger partial charge is 0.213 e. The molecule has 0 spiro atoms. The van der Waals surface area contributed by atoms with Gasteiger partial charge in [-0.3, -0.25) is 4.79 Å². The molecule has 1 aliphatic rings. The number of benzene rings is 1. The lowest BCUT2D eigenvalue weighted by Gasteiger charge is -2.18. The van der Waals surface area contributed by atoms with Crippen LogP contribution in [0.15, 0.2) is 36.5 Å². The fraction of sp³-hybridized carbons (Fsp3) is 0.444. The predicted molar refractivity (Wildman–Crippen MR) is 82.3 cm³/mol. The van der Waals surface area contributed by atoms with Gasteiger partial charge in [0.1, 0.15) is 5.75 Å². The molecule has 110 valence electrons. The summed E-state index contributed by atoms with van der Waals surface area (Å²) in [5.41, 5.74) is 1.09. The number of carbonyl (C=O) groups excluding carboxylic acids is 1. The van der Waals surface area contributed by atoms with E-state index in [1.54, 1.807) is 7.11 Å². The van der Waals surface area contributed by atoms with Crippen molar-refractivity contribution in [3.05, 3.63) is 36.5 Å². The molecule has 21 heavy (non-hydrogen) atoms. The molecule has 1 heterocycles. The molecule has 3 rings (SSSR count). The Balaban J connectivity index is 1.84. The molecule has 2 aromatic rings. The molecule has 1 fully saturated rings. The largest absolute Gasteiger partial charge is 0.497 e. The molecule has 0 N–H and O–H groups in total. The summed E-state index contributed by atoms with van der Waals surface area (Å²) in [5, 5.41) is 1.10. The van der Waals surface area contributed by atoms with Crippen LogP contribution < -0.4 is 9.30 Å². The van der Waals surface area contributed by atoms with Crippen LogP contribution in [-0.4, -0.2) is 12.9 Å². The Kier molecular flexibility index (Phi) is 4.18. The lowest BCUT2D eigenvalue weighted by molar-refractivity contribution is -0.658. The van der Waals surface area contributed by atoms with Crippen molar-refractivity contribution in [2.24, 2.45) is 5.92 Å². The van der Waals surface area contributed by atoms with Gasteiger partial charge in [0.25, 0.3) is 0 Å². The summed E-state index contributed by atoms with van der Waals surface area (Å²) in [6, 6.07) is 10.0. The molecule has 0 saturated heterocycles. The Morgan fingerprint density at radius 3 is 2.81 bits per heavy atom. The van der Waals surface area contributed by atoms with Crippen LogP contribution in [0.1, 0.15) is 32.1 Å². The van der Waals surface area contributed by atoms with Gasteiger partial charge >= 0.3 is 0 Å². The number of ether oxygens (including phenoxy) is 1. The molecule has 3 nitrogen and oxygen atoms in total. The van der Waals surface area contributed by atoms with Gasteiger partial charge < -0.3 is 4.74 Å². The van der Waals surface area contributed by atoms with Crippen LogP contribution in [0.5, 0.6) is 5.75 Å². The van der Waals surface area contributed by atoms with Crippen LogP contribution in [0.2, 0.25) is 0 Å². The third kappa shape index (κ3) is 3.07. The number of aromatic nitrogens is 1. The number of carbonyl (C=O) groups is 1. The maximum Gasteiger partial charge on any atom is 0.213 e. The summed E-state index contributed by atoms with van der Waals surface area (Å²) < 4.78 is 7.32. The second-order valence-corrected chi connectivity index (χ2v) is 5.86. The van der Waals surface area contributed by atoms with Gasteiger partial charge in [0, 0.05) is 18.1 Å². The lowest BCUT2D eigenvalue weighted by Crippen LogP contribution is -2.40. The predicted octanol–water partition coefficient (Wildman–Crippen LogP) is 3.29. The third-order valence-electron chi connectivity index (χ3n) is 4.47. The van der Waals surface area contributed by atoms with Gasteiger partial charge in [-0.25, -0.2) is 0 Å². The van der Waals surface area contributed by atoms with E-state index in [4.69, 9.17) is 4.74 Å². The minimum atomic E-state index is 0.264. The molecular weight excluding hydrogens is 262 g/mol. The van der Waals surface area contributed by atoms with Crippen LogP contribution in [0.4, 0.5) is 0 Å². The summed E-state index contributed by atoms with van der Waals surface area (Å²) in [6.07, 6.45) is 7.82. The van der Waals surface area contributed by atoms with Crippen molar-refractivity contribution in [1.82, 2.24) is 0 Å². The Hall–Kier alpha value is -1.90. The van der Waals surface area contributed by atoms with Gasteiger partial charge in [0.15, 0.2) is 6.20 Å². The van der Waals surface area contributed by atoms with E-state index >= 15 is 0 Å². The molecule has 3 heteroatoms. The second-order valence-electron chi connectivity index (χ2n) is 5.86. The van der Waals surface area contributed by atoms with Crippen LogP contribution in [-0.2, 0) is 11.3 Å². The molecule has 1 aromatic carbocycles. The fourth-order valence-corrected chi connectivity index (χ4v) is 3.24. The van der Waals surface area contributed by atoms with Gasteiger partial charge in [-0.2, -0.15) is 4.57 Å². The van der Waals surface area contributed by atoms with E-state index in [2.05, 4.69) is 10.6 Å². The number of Topliss-reactive ketones (excluding diaryl/α,β-unsaturated/α-hetero) is 1. The van der Waals surface area contributed by atoms with Gasteiger partial charge in [0.2, 0.25) is 17.8 Å². The van der Waals surface area contributed by atoms with Crippen LogP contribution in [0.25, 0.3) is 10.9 Å². The van der Waals surface area contributed by atoms with E-state index < -0.39 is 0 Å². The molecule has 1 aliphatic carbocycles. The number of fused-ring (bicyclic) bond motifs is 1. The summed E-state index contributed by atoms with van der Waals surface area (Å²) in [4.78, 5) is 12.5. The Labute approximate surface area is 125 Å². The highest BCUT2D eigenvalue weighted by atomic mass is 16.5. The normalized spacial score (nSPS) is 16.0. The van der Waals surface area contributed by atoms with Crippen molar-refractivity contribution >= 4 is 16.7 Å². The van der Waals surface area contributed by atoms with E-state index in [9.17, 15) is 4.79 Å². The van der Waals surface area contributed by atoms with E-state index in [0.717, 1.165) is 29.5 Å². The average Bonchev–Trinajstić information content (AvgIpc) is 2.55.